The van der Waals surface area contributed by atoms with Gasteiger partial charge in [-0.15, -0.1) is 0 Å². The predicted molar refractivity (Wildman–Crippen MR) is 83.7 cm³/mol. The molecule has 3 heteroatoms. The van der Waals surface area contributed by atoms with Crippen LogP contribution in [0.3, 0.4) is 0 Å². The molecule has 2 unspecified atom stereocenters. The number of benzene rings is 1. The molecule has 2 atom stereocenters. The van der Waals surface area contributed by atoms with E-state index < -0.39 is 0 Å². The Hall–Kier alpha value is -1.09. The number of hydrogen-bond acceptors (Lipinski definition) is 2. The molecule has 1 fully saturated rings. The second kappa shape index (κ2) is 5.91. The number of rotatable bonds is 3. The topological polar surface area (TPSA) is 35.2 Å². The van der Waals surface area contributed by atoms with Gasteiger partial charge in [-0.25, -0.2) is 0 Å². The molecule has 0 saturated heterocycles. The van der Waals surface area contributed by atoms with Crippen LogP contribution >= 0.6 is 12.2 Å². The fraction of sp³-hybridized carbons (Fsp3) is 0.562. The van der Waals surface area contributed by atoms with E-state index >= 15 is 0 Å². The van der Waals surface area contributed by atoms with E-state index in [1.54, 1.807) is 0 Å². The first kappa shape index (κ1) is 14.3. The molecule has 0 heterocycles. The highest BCUT2D eigenvalue weighted by molar-refractivity contribution is 7.80. The SMILES string of the molecule is Cc1ccc(OC2CC(C)CC(C)C2)c(C(N)=S)c1. The van der Waals surface area contributed by atoms with Crippen LogP contribution in [0, 0.1) is 18.8 Å². The van der Waals surface area contributed by atoms with Crippen LogP contribution in [0.15, 0.2) is 18.2 Å². The second-order valence-electron chi connectivity index (χ2n) is 6.02. The monoisotopic (exact) mass is 277 g/mol. The van der Waals surface area contributed by atoms with Crippen LogP contribution in [0.4, 0.5) is 0 Å². The second-order valence-corrected chi connectivity index (χ2v) is 6.46. The molecule has 104 valence electrons. The van der Waals surface area contributed by atoms with Gasteiger partial charge in [0.2, 0.25) is 0 Å². The van der Waals surface area contributed by atoms with Gasteiger partial charge in [-0.05, 0) is 50.2 Å². The summed E-state index contributed by atoms with van der Waals surface area (Å²) in [4.78, 5) is 0.413. The average molecular weight is 277 g/mol. The van der Waals surface area contributed by atoms with Crippen molar-refractivity contribution in [1.29, 1.82) is 0 Å². The summed E-state index contributed by atoms with van der Waals surface area (Å²) in [5.41, 5.74) is 7.81. The quantitative estimate of drug-likeness (QED) is 0.853. The predicted octanol–water partition coefficient (Wildman–Crippen LogP) is 3.83. The highest BCUT2D eigenvalue weighted by Gasteiger charge is 2.25. The molecule has 1 aromatic rings. The lowest BCUT2D eigenvalue weighted by Crippen LogP contribution is -2.29. The zero-order valence-electron chi connectivity index (χ0n) is 12.0. The molecule has 1 aromatic carbocycles. The fourth-order valence-electron chi connectivity index (χ4n) is 3.09. The normalized spacial score (nSPS) is 27.0. The first-order valence-electron chi connectivity index (χ1n) is 7.02. The molecule has 2 nitrogen and oxygen atoms in total. The van der Waals surface area contributed by atoms with E-state index in [0.717, 1.165) is 41.6 Å². The highest BCUT2D eigenvalue weighted by Crippen LogP contribution is 2.32. The van der Waals surface area contributed by atoms with E-state index in [1.165, 1.54) is 6.42 Å². The zero-order valence-corrected chi connectivity index (χ0v) is 12.8. The summed E-state index contributed by atoms with van der Waals surface area (Å²) in [6.07, 6.45) is 3.83. The largest absolute Gasteiger partial charge is 0.490 e. The molecule has 1 aliphatic rings. The average Bonchev–Trinajstić information content (AvgIpc) is 2.30. The highest BCUT2D eigenvalue weighted by atomic mass is 32.1. The summed E-state index contributed by atoms with van der Waals surface area (Å²) in [7, 11) is 0. The van der Waals surface area contributed by atoms with Crippen molar-refractivity contribution in [3.63, 3.8) is 0 Å². The van der Waals surface area contributed by atoms with Gasteiger partial charge in [0, 0.05) is 0 Å². The Bertz CT molecular complexity index is 462. The lowest BCUT2D eigenvalue weighted by molar-refractivity contribution is 0.101. The van der Waals surface area contributed by atoms with Gasteiger partial charge >= 0.3 is 0 Å². The van der Waals surface area contributed by atoms with Crippen LogP contribution < -0.4 is 10.5 Å². The maximum absolute atomic E-state index is 6.18. The van der Waals surface area contributed by atoms with Crippen molar-refractivity contribution in [2.45, 2.75) is 46.1 Å². The van der Waals surface area contributed by atoms with Crippen LogP contribution in [0.1, 0.15) is 44.2 Å². The molecule has 19 heavy (non-hydrogen) atoms. The van der Waals surface area contributed by atoms with Crippen molar-refractivity contribution in [2.24, 2.45) is 17.6 Å². The molecule has 0 radical (unpaired) electrons. The van der Waals surface area contributed by atoms with E-state index in [2.05, 4.69) is 13.8 Å². The Labute approximate surface area is 121 Å². The van der Waals surface area contributed by atoms with Crippen LogP contribution in [0.2, 0.25) is 0 Å². The Morgan fingerprint density at radius 3 is 2.42 bits per heavy atom. The number of hydrogen-bond donors (Lipinski definition) is 1. The first-order valence-corrected chi connectivity index (χ1v) is 7.43. The number of thiocarbonyl (C=S) groups is 1. The Kier molecular flexibility index (Phi) is 4.46. The smallest absolute Gasteiger partial charge is 0.129 e. The van der Waals surface area contributed by atoms with E-state index in [9.17, 15) is 0 Å². The molecule has 1 saturated carbocycles. The molecule has 0 bridgehead atoms. The van der Waals surface area contributed by atoms with Crippen molar-refractivity contribution in [2.75, 3.05) is 0 Å². The molecule has 1 aliphatic carbocycles. The first-order chi connectivity index (χ1) is 8.95. The number of nitrogens with two attached hydrogens (primary N) is 1. The molecule has 2 N–H and O–H groups in total. The zero-order chi connectivity index (χ0) is 14.0. The van der Waals surface area contributed by atoms with Crippen LogP contribution in [0.5, 0.6) is 5.75 Å². The molecule has 2 rings (SSSR count). The third-order valence-corrected chi connectivity index (χ3v) is 4.05. The maximum atomic E-state index is 6.18. The minimum absolute atomic E-state index is 0.287. The van der Waals surface area contributed by atoms with E-state index in [4.69, 9.17) is 22.7 Å². The third-order valence-electron chi connectivity index (χ3n) is 3.83. The van der Waals surface area contributed by atoms with Crippen molar-refractivity contribution in [3.8, 4) is 5.75 Å². The summed E-state index contributed by atoms with van der Waals surface area (Å²) >= 11 is 5.12. The summed E-state index contributed by atoms with van der Waals surface area (Å²) < 4.78 is 6.18. The molecule has 0 spiro atoms. The Morgan fingerprint density at radius 1 is 1.21 bits per heavy atom. The van der Waals surface area contributed by atoms with E-state index in [0.29, 0.717) is 4.99 Å². The molecule has 0 amide bonds. The van der Waals surface area contributed by atoms with Gasteiger partial charge in [-0.3, -0.25) is 0 Å². The standard InChI is InChI=1S/C16H23NOS/c1-10-4-5-15(14(9-10)16(17)19)18-13-7-11(2)6-12(3)8-13/h4-5,9,11-13H,6-8H2,1-3H3,(H2,17,19). The molecule has 0 aliphatic heterocycles. The van der Waals surface area contributed by atoms with Gasteiger partial charge in [0.15, 0.2) is 0 Å². The summed E-state index contributed by atoms with van der Waals surface area (Å²) in [6, 6.07) is 6.05. The van der Waals surface area contributed by atoms with Crippen molar-refractivity contribution < 1.29 is 4.74 Å². The van der Waals surface area contributed by atoms with Crippen molar-refractivity contribution in [3.05, 3.63) is 29.3 Å². The summed E-state index contributed by atoms with van der Waals surface area (Å²) in [5.74, 6) is 2.30. The van der Waals surface area contributed by atoms with E-state index in [-0.39, 0.29) is 6.10 Å². The lowest BCUT2D eigenvalue weighted by Gasteiger charge is -2.32. The van der Waals surface area contributed by atoms with Gasteiger partial charge in [0.05, 0.1) is 11.7 Å². The third kappa shape index (κ3) is 3.69. The molecule has 0 aromatic heterocycles. The van der Waals surface area contributed by atoms with Gasteiger partial charge in [-0.1, -0.05) is 37.7 Å². The Balaban J connectivity index is 2.16. The molecular formula is C16H23NOS. The maximum Gasteiger partial charge on any atom is 0.129 e. The minimum Gasteiger partial charge on any atom is -0.490 e. The van der Waals surface area contributed by atoms with Gasteiger partial charge in [0.25, 0.3) is 0 Å². The van der Waals surface area contributed by atoms with Crippen LogP contribution in [-0.4, -0.2) is 11.1 Å². The lowest BCUT2D eigenvalue weighted by atomic mass is 9.82. The summed E-state index contributed by atoms with van der Waals surface area (Å²) in [5, 5.41) is 0. The molecular weight excluding hydrogens is 254 g/mol. The number of ether oxygens (including phenoxy) is 1. The van der Waals surface area contributed by atoms with Crippen LogP contribution in [-0.2, 0) is 0 Å². The van der Waals surface area contributed by atoms with Gasteiger partial charge in [-0.2, -0.15) is 0 Å². The van der Waals surface area contributed by atoms with Crippen molar-refractivity contribution in [1.82, 2.24) is 0 Å². The van der Waals surface area contributed by atoms with Crippen LogP contribution in [0.25, 0.3) is 0 Å². The fourth-order valence-corrected chi connectivity index (χ4v) is 3.25. The summed E-state index contributed by atoms with van der Waals surface area (Å²) in [6.45, 7) is 6.64. The van der Waals surface area contributed by atoms with Gasteiger partial charge < -0.3 is 10.5 Å². The number of aryl methyl sites for hydroxylation is 1. The van der Waals surface area contributed by atoms with Gasteiger partial charge in [0.1, 0.15) is 10.7 Å². The Morgan fingerprint density at radius 2 is 1.84 bits per heavy atom. The minimum atomic E-state index is 0.287. The van der Waals surface area contributed by atoms with E-state index in [1.807, 2.05) is 25.1 Å². The van der Waals surface area contributed by atoms with Crippen molar-refractivity contribution >= 4 is 17.2 Å².